The summed E-state index contributed by atoms with van der Waals surface area (Å²) in [6, 6.07) is 5.18. The van der Waals surface area contributed by atoms with E-state index < -0.39 is 0 Å². The van der Waals surface area contributed by atoms with Gasteiger partial charge in [-0.2, -0.15) is 4.98 Å². The lowest BCUT2D eigenvalue weighted by Gasteiger charge is -2.15. The molecule has 0 saturated heterocycles. The zero-order chi connectivity index (χ0) is 17.5. The molecule has 2 rings (SSSR count). The Labute approximate surface area is 140 Å². The number of rotatable bonds is 7. The Morgan fingerprint density at radius 3 is 2.71 bits per heavy atom. The van der Waals surface area contributed by atoms with Crippen LogP contribution in [0.1, 0.15) is 19.2 Å². The van der Waals surface area contributed by atoms with Gasteiger partial charge in [0.15, 0.2) is 11.5 Å². The van der Waals surface area contributed by atoms with E-state index in [1.165, 1.54) is 4.90 Å². The average molecular weight is 334 g/mol. The van der Waals surface area contributed by atoms with Crippen molar-refractivity contribution >= 4 is 6.03 Å². The van der Waals surface area contributed by atoms with Crippen molar-refractivity contribution in [2.45, 2.75) is 19.9 Å². The Hall–Kier alpha value is -2.77. The molecule has 0 saturated carbocycles. The van der Waals surface area contributed by atoms with E-state index in [1.54, 1.807) is 33.4 Å². The first-order valence-electron chi connectivity index (χ1n) is 7.63. The number of hydrogen-bond donors (Lipinski definition) is 1. The summed E-state index contributed by atoms with van der Waals surface area (Å²) >= 11 is 0. The van der Waals surface area contributed by atoms with Crippen molar-refractivity contribution in [3.63, 3.8) is 0 Å². The Morgan fingerprint density at radius 2 is 2.04 bits per heavy atom. The number of carbonyl (C=O) groups excluding carboxylic acids is 1. The molecule has 0 aliphatic carbocycles. The molecule has 1 N–H and O–H groups in total. The van der Waals surface area contributed by atoms with Gasteiger partial charge in [-0.05, 0) is 24.6 Å². The standard InChI is InChI=1S/C16H22N4O4/c1-5-8-17-16(21)20(2)10-14-18-15(19-24-14)11-6-7-12(22-3)13(9-11)23-4/h6-7,9H,5,8,10H2,1-4H3,(H,17,21). The third-order valence-electron chi connectivity index (χ3n) is 3.36. The number of amides is 2. The second kappa shape index (κ2) is 8.19. The van der Waals surface area contributed by atoms with Crippen molar-refractivity contribution in [2.24, 2.45) is 0 Å². The fourth-order valence-electron chi connectivity index (χ4n) is 2.05. The minimum absolute atomic E-state index is 0.178. The molecule has 0 radical (unpaired) electrons. The highest BCUT2D eigenvalue weighted by Crippen LogP contribution is 2.31. The lowest BCUT2D eigenvalue weighted by molar-refractivity contribution is 0.199. The van der Waals surface area contributed by atoms with Crippen LogP contribution in [0.4, 0.5) is 4.79 Å². The largest absolute Gasteiger partial charge is 0.493 e. The normalized spacial score (nSPS) is 10.3. The van der Waals surface area contributed by atoms with Gasteiger partial charge in [-0.25, -0.2) is 4.79 Å². The van der Waals surface area contributed by atoms with Gasteiger partial charge in [0.1, 0.15) is 6.54 Å². The summed E-state index contributed by atoms with van der Waals surface area (Å²) in [7, 11) is 4.81. The van der Waals surface area contributed by atoms with Crippen molar-refractivity contribution in [1.29, 1.82) is 0 Å². The second-order valence-electron chi connectivity index (χ2n) is 5.17. The zero-order valence-corrected chi connectivity index (χ0v) is 14.3. The number of methoxy groups -OCH3 is 2. The molecule has 0 bridgehead atoms. The van der Waals surface area contributed by atoms with Crippen LogP contribution in [-0.2, 0) is 6.54 Å². The first-order chi connectivity index (χ1) is 11.6. The first kappa shape index (κ1) is 17.6. The molecule has 8 heteroatoms. The molecule has 0 spiro atoms. The molecule has 0 aliphatic heterocycles. The summed E-state index contributed by atoms with van der Waals surface area (Å²) in [6.07, 6.45) is 0.879. The Balaban J connectivity index is 2.09. The van der Waals surface area contributed by atoms with Crippen LogP contribution in [0.15, 0.2) is 22.7 Å². The number of nitrogens with zero attached hydrogens (tertiary/aromatic N) is 3. The molecule has 1 aromatic carbocycles. The van der Waals surface area contributed by atoms with Gasteiger partial charge in [0.25, 0.3) is 0 Å². The minimum atomic E-state index is -0.178. The molecule has 0 atom stereocenters. The third-order valence-corrected chi connectivity index (χ3v) is 3.36. The maximum Gasteiger partial charge on any atom is 0.317 e. The maximum absolute atomic E-state index is 11.8. The highest BCUT2D eigenvalue weighted by atomic mass is 16.5. The van der Waals surface area contributed by atoms with Gasteiger partial charge in [-0.15, -0.1) is 0 Å². The van der Waals surface area contributed by atoms with Crippen LogP contribution in [-0.4, -0.2) is 48.9 Å². The molecule has 24 heavy (non-hydrogen) atoms. The van der Waals surface area contributed by atoms with E-state index in [1.807, 2.05) is 13.0 Å². The van der Waals surface area contributed by atoms with Gasteiger partial charge in [-0.3, -0.25) is 0 Å². The predicted molar refractivity (Wildman–Crippen MR) is 88.0 cm³/mol. The predicted octanol–water partition coefficient (Wildman–Crippen LogP) is 2.31. The summed E-state index contributed by atoms with van der Waals surface area (Å²) in [5, 5.41) is 6.74. The van der Waals surface area contributed by atoms with Crippen LogP contribution in [0.3, 0.4) is 0 Å². The van der Waals surface area contributed by atoms with E-state index >= 15 is 0 Å². The number of hydrogen-bond acceptors (Lipinski definition) is 6. The average Bonchev–Trinajstić information content (AvgIpc) is 3.07. The summed E-state index contributed by atoms with van der Waals surface area (Å²) in [6.45, 7) is 2.85. The molecular weight excluding hydrogens is 312 g/mol. The lowest BCUT2D eigenvalue weighted by Crippen LogP contribution is -2.37. The van der Waals surface area contributed by atoms with E-state index in [0.29, 0.717) is 29.8 Å². The van der Waals surface area contributed by atoms with Gasteiger partial charge < -0.3 is 24.2 Å². The molecule has 0 fully saturated rings. The van der Waals surface area contributed by atoms with Crippen molar-refractivity contribution in [3.05, 3.63) is 24.1 Å². The molecule has 1 heterocycles. The van der Waals surface area contributed by atoms with Gasteiger partial charge >= 0.3 is 6.03 Å². The second-order valence-corrected chi connectivity index (χ2v) is 5.17. The molecule has 8 nitrogen and oxygen atoms in total. The zero-order valence-electron chi connectivity index (χ0n) is 14.3. The highest BCUT2D eigenvalue weighted by molar-refractivity contribution is 5.73. The van der Waals surface area contributed by atoms with E-state index in [2.05, 4.69) is 15.5 Å². The third kappa shape index (κ3) is 4.15. The number of nitrogens with one attached hydrogen (secondary N) is 1. The quantitative estimate of drug-likeness (QED) is 0.835. The van der Waals surface area contributed by atoms with Crippen molar-refractivity contribution < 1.29 is 18.8 Å². The molecular formula is C16H22N4O4. The Bertz CT molecular complexity index is 686. The molecule has 130 valence electrons. The fraction of sp³-hybridized carbons (Fsp3) is 0.438. The summed E-state index contributed by atoms with van der Waals surface area (Å²) in [5.74, 6) is 1.98. The Morgan fingerprint density at radius 1 is 1.29 bits per heavy atom. The van der Waals surface area contributed by atoms with Gasteiger partial charge in [-0.1, -0.05) is 12.1 Å². The number of aromatic nitrogens is 2. The van der Waals surface area contributed by atoms with Crippen LogP contribution in [0, 0.1) is 0 Å². The number of carbonyl (C=O) groups is 1. The number of benzene rings is 1. The van der Waals surface area contributed by atoms with Crippen LogP contribution in [0.25, 0.3) is 11.4 Å². The topological polar surface area (TPSA) is 89.7 Å². The maximum atomic E-state index is 11.8. The molecule has 2 aromatic rings. The molecule has 1 aromatic heterocycles. The lowest BCUT2D eigenvalue weighted by atomic mass is 10.2. The fourth-order valence-corrected chi connectivity index (χ4v) is 2.05. The van der Waals surface area contributed by atoms with Gasteiger partial charge in [0.2, 0.25) is 11.7 Å². The van der Waals surface area contributed by atoms with Crippen LogP contribution in [0.5, 0.6) is 11.5 Å². The van der Waals surface area contributed by atoms with E-state index in [-0.39, 0.29) is 12.6 Å². The van der Waals surface area contributed by atoms with Crippen molar-refractivity contribution in [3.8, 4) is 22.9 Å². The van der Waals surface area contributed by atoms with E-state index in [9.17, 15) is 4.79 Å². The highest BCUT2D eigenvalue weighted by Gasteiger charge is 2.15. The van der Waals surface area contributed by atoms with Gasteiger partial charge in [0, 0.05) is 19.2 Å². The number of urea groups is 1. The molecule has 0 unspecified atom stereocenters. The van der Waals surface area contributed by atoms with Crippen molar-refractivity contribution in [2.75, 3.05) is 27.8 Å². The molecule has 0 aliphatic rings. The van der Waals surface area contributed by atoms with E-state index in [0.717, 1.165) is 12.0 Å². The van der Waals surface area contributed by atoms with Crippen molar-refractivity contribution in [1.82, 2.24) is 20.4 Å². The molecule has 2 amide bonds. The Kier molecular flexibility index (Phi) is 6.00. The summed E-state index contributed by atoms with van der Waals surface area (Å²) in [5.41, 5.74) is 0.737. The van der Waals surface area contributed by atoms with Crippen LogP contribution >= 0.6 is 0 Å². The SMILES string of the molecule is CCCNC(=O)N(C)Cc1nc(-c2ccc(OC)c(OC)c2)no1. The first-order valence-corrected chi connectivity index (χ1v) is 7.63. The van der Waals surface area contributed by atoms with E-state index in [4.69, 9.17) is 14.0 Å². The van der Waals surface area contributed by atoms with Crippen LogP contribution < -0.4 is 14.8 Å². The number of ether oxygens (including phenoxy) is 2. The van der Waals surface area contributed by atoms with Crippen LogP contribution in [0.2, 0.25) is 0 Å². The monoisotopic (exact) mass is 334 g/mol. The van der Waals surface area contributed by atoms with Gasteiger partial charge in [0.05, 0.1) is 14.2 Å². The summed E-state index contributed by atoms with van der Waals surface area (Å²) < 4.78 is 15.7. The summed E-state index contributed by atoms with van der Waals surface area (Å²) in [4.78, 5) is 17.6. The minimum Gasteiger partial charge on any atom is -0.493 e. The smallest absolute Gasteiger partial charge is 0.317 e.